The topological polar surface area (TPSA) is 55.4 Å². The van der Waals surface area contributed by atoms with E-state index in [9.17, 15) is 0 Å². The van der Waals surface area contributed by atoms with Crippen LogP contribution in [0.2, 0.25) is 98.2 Å². The summed E-state index contributed by atoms with van der Waals surface area (Å²) in [6.07, 6.45) is -1.54. The summed E-state index contributed by atoms with van der Waals surface area (Å²) in [7, 11) is -9.37. The molecule has 0 spiro atoms. The third-order valence-electron chi connectivity index (χ3n) is 4.21. The second-order valence-electron chi connectivity index (χ2n) is 13.8. The second-order valence-corrected chi connectivity index (χ2v) is 36.1. The molecule has 1 aliphatic heterocycles. The molecule has 0 aromatic rings. The maximum atomic E-state index is 6.85. The van der Waals surface area contributed by atoms with Crippen molar-refractivity contribution in [1.29, 1.82) is 0 Å². The van der Waals surface area contributed by atoms with Gasteiger partial charge in [-0.1, -0.05) is 0 Å². The summed E-state index contributed by atoms with van der Waals surface area (Å²) < 4.78 is 39.9. The minimum absolute atomic E-state index is 0.243. The standard InChI is InChI=1S/C21H52O6Si5/c1-28(2,3)22-16-17-18(24-29(4,5)6)19(25-30(7,8)9)20(26-31(10,11)12)21(23-17)27-32(13,14)15/h17-21H,16H2,1-15H3/t17-,18+,19+,20+,21-/m1/s1. The molecule has 0 unspecified atom stereocenters. The van der Waals surface area contributed by atoms with Crippen LogP contribution in [0.5, 0.6) is 0 Å². The second kappa shape index (κ2) is 10.8. The zero-order chi connectivity index (χ0) is 25.3. The molecule has 0 aliphatic carbocycles. The molecular weight excluding hydrogens is 489 g/mol. The van der Waals surface area contributed by atoms with E-state index in [1.807, 2.05) is 0 Å². The summed E-state index contributed by atoms with van der Waals surface area (Å²) in [6, 6.07) is 0. The van der Waals surface area contributed by atoms with Crippen molar-refractivity contribution in [3.05, 3.63) is 0 Å². The fourth-order valence-electron chi connectivity index (χ4n) is 3.41. The van der Waals surface area contributed by atoms with E-state index >= 15 is 0 Å². The fourth-order valence-corrected chi connectivity index (χ4v) is 8.21. The van der Waals surface area contributed by atoms with E-state index in [0.29, 0.717) is 6.61 Å². The Labute approximate surface area is 203 Å². The Kier molecular flexibility index (Phi) is 10.5. The molecule has 0 aromatic heterocycles. The zero-order valence-electron chi connectivity index (χ0n) is 23.5. The van der Waals surface area contributed by atoms with Crippen LogP contribution in [0.1, 0.15) is 0 Å². The Morgan fingerprint density at radius 1 is 0.469 bits per heavy atom. The minimum atomic E-state index is -1.92. The molecule has 1 heterocycles. The lowest BCUT2D eigenvalue weighted by atomic mass is 9.99. The summed E-state index contributed by atoms with van der Waals surface area (Å²) in [5.74, 6) is 0. The van der Waals surface area contributed by atoms with E-state index in [-0.39, 0.29) is 24.4 Å². The van der Waals surface area contributed by atoms with Crippen LogP contribution < -0.4 is 0 Å². The molecule has 0 bridgehead atoms. The highest BCUT2D eigenvalue weighted by molar-refractivity contribution is 6.71. The molecule has 11 heteroatoms. The van der Waals surface area contributed by atoms with Crippen LogP contribution in [-0.4, -0.2) is 78.9 Å². The third-order valence-corrected chi connectivity index (χ3v) is 9.12. The SMILES string of the molecule is C[Si](C)(C)OC[C@H]1O[C@H](O[Si](C)(C)C)[C@@H](O[Si](C)(C)C)[C@@H](O[Si](C)(C)C)[C@H]1O[Si](C)(C)C. The summed E-state index contributed by atoms with van der Waals surface area (Å²) in [5.41, 5.74) is 0. The highest BCUT2D eigenvalue weighted by Gasteiger charge is 2.52. The van der Waals surface area contributed by atoms with Crippen molar-refractivity contribution in [3.8, 4) is 0 Å². The van der Waals surface area contributed by atoms with Crippen molar-refractivity contribution in [3.63, 3.8) is 0 Å². The van der Waals surface area contributed by atoms with E-state index < -0.39 is 47.9 Å². The van der Waals surface area contributed by atoms with Gasteiger partial charge in [0.05, 0.1) is 6.61 Å². The Bertz CT molecular complexity index is 586. The molecule has 0 radical (unpaired) electrons. The number of ether oxygens (including phenoxy) is 1. The summed E-state index contributed by atoms with van der Waals surface area (Å²) in [6.45, 7) is 33.6. The van der Waals surface area contributed by atoms with Gasteiger partial charge in [-0.15, -0.1) is 0 Å². The Hall–Kier alpha value is 0.844. The number of hydrogen-bond donors (Lipinski definition) is 0. The monoisotopic (exact) mass is 540 g/mol. The lowest BCUT2D eigenvalue weighted by Crippen LogP contribution is -2.67. The zero-order valence-corrected chi connectivity index (χ0v) is 28.5. The van der Waals surface area contributed by atoms with Gasteiger partial charge in [0.2, 0.25) is 0 Å². The van der Waals surface area contributed by atoms with Crippen LogP contribution >= 0.6 is 0 Å². The predicted octanol–water partition coefficient (Wildman–Crippen LogP) is 6.07. The largest absolute Gasteiger partial charge is 0.415 e. The lowest BCUT2D eigenvalue weighted by molar-refractivity contribution is -0.268. The average Bonchev–Trinajstić information content (AvgIpc) is 2.45. The van der Waals surface area contributed by atoms with Crippen molar-refractivity contribution < 1.29 is 26.9 Å². The van der Waals surface area contributed by atoms with E-state index in [2.05, 4.69) is 98.2 Å². The first-order chi connectivity index (χ1) is 14.0. The van der Waals surface area contributed by atoms with Crippen molar-refractivity contribution in [2.24, 2.45) is 0 Å². The van der Waals surface area contributed by atoms with Gasteiger partial charge >= 0.3 is 0 Å². The molecule has 0 saturated carbocycles. The first-order valence-corrected chi connectivity index (χ1v) is 29.0. The minimum Gasteiger partial charge on any atom is -0.415 e. The van der Waals surface area contributed by atoms with Gasteiger partial charge in [-0.05, 0) is 98.2 Å². The lowest BCUT2D eigenvalue weighted by Gasteiger charge is -2.51. The molecule has 1 fully saturated rings. The Morgan fingerprint density at radius 2 is 0.844 bits per heavy atom. The van der Waals surface area contributed by atoms with Crippen LogP contribution in [0.15, 0.2) is 0 Å². The molecule has 6 nitrogen and oxygen atoms in total. The number of hydrogen-bond acceptors (Lipinski definition) is 6. The van der Waals surface area contributed by atoms with Crippen molar-refractivity contribution in [2.75, 3.05) is 6.61 Å². The normalized spacial score (nSPS) is 28.8. The Balaban J connectivity index is 3.50. The molecule has 1 aliphatic rings. The van der Waals surface area contributed by atoms with Crippen molar-refractivity contribution in [1.82, 2.24) is 0 Å². The first-order valence-electron chi connectivity index (χ1n) is 12.0. The summed E-state index contributed by atoms with van der Waals surface area (Å²) >= 11 is 0. The highest BCUT2D eigenvalue weighted by atomic mass is 28.4. The smallest absolute Gasteiger partial charge is 0.187 e. The molecule has 0 aromatic carbocycles. The molecule has 32 heavy (non-hydrogen) atoms. The quantitative estimate of drug-likeness (QED) is 0.296. The molecule has 5 atom stereocenters. The average molecular weight is 541 g/mol. The van der Waals surface area contributed by atoms with Gasteiger partial charge in [-0.25, -0.2) is 0 Å². The van der Waals surface area contributed by atoms with Crippen LogP contribution in [0, 0.1) is 0 Å². The van der Waals surface area contributed by atoms with Gasteiger partial charge < -0.3 is 26.9 Å². The molecule has 0 N–H and O–H groups in total. The molecule has 0 amide bonds. The van der Waals surface area contributed by atoms with Gasteiger partial charge in [0.15, 0.2) is 47.9 Å². The highest BCUT2D eigenvalue weighted by Crippen LogP contribution is 2.35. The molecule has 1 saturated heterocycles. The van der Waals surface area contributed by atoms with E-state index in [1.54, 1.807) is 0 Å². The van der Waals surface area contributed by atoms with Crippen molar-refractivity contribution in [2.45, 2.75) is 129 Å². The predicted molar refractivity (Wildman–Crippen MR) is 147 cm³/mol. The van der Waals surface area contributed by atoms with Gasteiger partial charge in [0.25, 0.3) is 0 Å². The molecular formula is C21H52O6Si5. The number of rotatable bonds is 11. The van der Waals surface area contributed by atoms with Crippen LogP contribution in [-0.2, 0) is 26.9 Å². The van der Waals surface area contributed by atoms with Crippen LogP contribution in [0.25, 0.3) is 0 Å². The van der Waals surface area contributed by atoms with Gasteiger partial charge in [-0.3, -0.25) is 0 Å². The fraction of sp³-hybridized carbons (Fsp3) is 1.00. The molecule has 1 rings (SSSR count). The summed E-state index contributed by atoms with van der Waals surface area (Å²) in [5, 5.41) is 0. The Morgan fingerprint density at radius 3 is 1.22 bits per heavy atom. The van der Waals surface area contributed by atoms with Gasteiger partial charge in [0.1, 0.15) is 24.4 Å². The third kappa shape index (κ3) is 12.5. The van der Waals surface area contributed by atoms with Crippen LogP contribution in [0.3, 0.4) is 0 Å². The van der Waals surface area contributed by atoms with Gasteiger partial charge in [0, 0.05) is 0 Å². The molecule has 192 valence electrons. The van der Waals surface area contributed by atoms with E-state index in [1.165, 1.54) is 0 Å². The maximum Gasteiger partial charge on any atom is 0.187 e. The van der Waals surface area contributed by atoms with Crippen molar-refractivity contribution >= 4 is 41.6 Å². The first kappa shape index (κ1) is 30.9. The summed E-state index contributed by atoms with van der Waals surface area (Å²) in [4.78, 5) is 0. The van der Waals surface area contributed by atoms with E-state index in [0.717, 1.165) is 0 Å². The van der Waals surface area contributed by atoms with E-state index in [4.69, 9.17) is 26.9 Å². The van der Waals surface area contributed by atoms with Gasteiger partial charge in [-0.2, -0.15) is 0 Å². The van der Waals surface area contributed by atoms with Crippen LogP contribution in [0.4, 0.5) is 0 Å². The maximum absolute atomic E-state index is 6.85.